The number of rotatable bonds is 3. The van der Waals surface area contributed by atoms with Crippen LogP contribution in [0.3, 0.4) is 0 Å². The molecular formula is C27H31N7O2. The lowest BCUT2D eigenvalue weighted by molar-refractivity contribution is -0.129. The molecule has 6 rings (SSSR count). The molecule has 2 aromatic heterocycles. The molecule has 0 aliphatic carbocycles. The second-order valence-corrected chi connectivity index (χ2v) is 10.2. The fraction of sp³-hybridized carbons (Fsp3) is 0.481. The van der Waals surface area contributed by atoms with Crippen molar-refractivity contribution in [2.24, 2.45) is 7.05 Å². The van der Waals surface area contributed by atoms with Crippen LogP contribution in [-0.4, -0.2) is 56.7 Å². The highest BCUT2D eigenvalue weighted by Gasteiger charge is 2.35. The molecule has 0 radical (unpaired) electrons. The lowest BCUT2D eigenvalue weighted by Crippen LogP contribution is -2.36. The number of benzene rings is 1. The van der Waals surface area contributed by atoms with Crippen LogP contribution in [0.2, 0.25) is 0 Å². The van der Waals surface area contributed by atoms with Gasteiger partial charge in [-0.25, -0.2) is 0 Å². The summed E-state index contributed by atoms with van der Waals surface area (Å²) in [5.41, 5.74) is 7.07. The molecule has 36 heavy (non-hydrogen) atoms. The molecule has 1 amide bonds. The molecule has 9 nitrogen and oxygen atoms in total. The number of aryl methyl sites for hydroxylation is 1. The van der Waals surface area contributed by atoms with Gasteiger partial charge in [-0.1, -0.05) is 6.92 Å². The van der Waals surface area contributed by atoms with Crippen molar-refractivity contribution in [1.29, 1.82) is 5.26 Å². The zero-order valence-corrected chi connectivity index (χ0v) is 21.1. The molecule has 3 aromatic rings. The second kappa shape index (κ2) is 8.79. The average molecular weight is 486 g/mol. The van der Waals surface area contributed by atoms with Crippen molar-refractivity contribution in [3.8, 4) is 17.2 Å². The molecule has 3 aliphatic rings. The van der Waals surface area contributed by atoms with Gasteiger partial charge in [0, 0.05) is 74.4 Å². The van der Waals surface area contributed by atoms with Crippen molar-refractivity contribution in [3.05, 3.63) is 46.9 Å². The number of aromatic nitrogens is 4. The number of ether oxygens (including phenoxy) is 1. The standard InChI is InChI=1S/C27H31N7O2/c1-17-4-8-33(26-10-19(12-28)23(11-22(17)26)20-13-29-31(3)14-20)27-24-15-32(18(2)35)7-5-25(24)34(30-27)21-6-9-36-16-21/h10-11,13-14,17,21H,4-9,15-16H2,1-3H3/t17-,21+/m0/s1. The van der Waals surface area contributed by atoms with E-state index in [1.54, 1.807) is 11.6 Å². The maximum Gasteiger partial charge on any atom is 0.219 e. The Morgan fingerprint density at radius 3 is 2.81 bits per heavy atom. The minimum atomic E-state index is 0.0871. The molecule has 1 saturated heterocycles. The van der Waals surface area contributed by atoms with Crippen LogP contribution in [0.4, 0.5) is 11.5 Å². The number of amides is 1. The van der Waals surface area contributed by atoms with Crippen molar-refractivity contribution < 1.29 is 9.53 Å². The fourth-order valence-corrected chi connectivity index (χ4v) is 5.87. The van der Waals surface area contributed by atoms with Gasteiger partial charge < -0.3 is 14.5 Å². The Labute approximate surface area is 210 Å². The van der Waals surface area contributed by atoms with E-state index in [0.717, 1.165) is 60.6 Å². The molecule has 2 atom stereocenters. The first-order valence-electron chi connectivity index (χ1n) is 12.7. The van der Waals surface area contributed by atoms with E-state index in [0.29, 0.717) is 31.2 Å². The zero-order chi connectivity index (χ0) is 25.0. The van der Waals surface area contributed by atoms with Crippen LogP contribution >= 0.6 is 0 Å². The van der Waals surface area contributed by atoms with E-state index in [2.05, 4.69) is 33.7 Å². The summed E-state index contributed by atoms with van der Waals surface area (Å²) in [7, 11) is 1.89. The molecule has 0 saturated carbocycles. The minimum absolute atomic E-state index is 0.0871. The summed E-state index contributed by atoms with van der Waals surface area (Å²) in [5, 5.41) is 19.6. The summed E-state index contributed by atoms with van der Waals surface area (Å²) in [6.45, 7) is 7.39. The number of nitriles is 1. The molecule has 0 bridgehead atoms. The van der Waals surface area contributed by atoms with Crippen LogP contribution < -0.4 is 4.90 Å². The van der Waals surface area contributed by atoms with Gasteiger partial charge in [0.05, 0.1) is 37.0 Å². The maximum atomic E-state index is 12.3. The molecular weight excluding hydrogens is 454 g/mol. The minimum Gasteiger partial charge on any atom is -0.379 e. The van der Waals surface area contributed by atoms with Gasteiger partial charge in [-0.3, -0.25) is 14.2 Å². The van der Waals surface area contributed by atoms with Gasteiger partial charge in [-0.05, 0) is 36.5 Å². The van der Waals surface area contributed by atoms with Crippen molar-refractivity contribution >= 4 is 17.4 Å². The topological polar surface area (TPSA) is 92.2 Å². The van der Waals surface area contributed by atoms with E-state index in [-0.39, 0.29) is 11.9 Å². The largest absolute Gasteiger partial charge is 0.379 e. The Kier molecular flexibility index (Phi) is 5.56. The monoisotopic (exact) mass is 485 g/mol. The van der Waals surface area contributed by atoms with E-state index in [4.69, 9.17) is 9.84 Å². The van der Waals surface area contributed by atoms with Gasteiger partial charge >= 0.3 is 0 Å². The summed E-state index contributed by atoms with van der Waals surface area (Å²) in [4.78, 5) is 16.5. The predicted molar refractivity (Wildman–Crippen MR) is 135 cm³/mol. The SMILES string of the molecule is CC(=O)N1CCc2c(c(N3CC[C@H](C)c4cc(-c5cnn(C)c5)c(C#N)cc43)nn2[C@@H]2CCOC2)C1. The Morgan fingerprint density at radius 1 is 1.25 bits per heavy atom. The number of carbonyl (C=O) groups is 1. The number of hydrogen-bond acceptors (Lipinski definition) is 6. The highest BCUT2D eigenvalue weighted by molar-refractivity contribution is 5.79. The Bertz CT molecular complexity index is 1380. The number of hydrogen-bond donors (Lipinski definition) is 0. The average Bonchev–Trinajstić information content (AvgIpc) is 3.63. The van der Waals surface area contributed by atoms with Crippen molar-refractivity contribution in [1.82, 2.24) is 24.5 Å². The number of anilines is 2. The summed E-state index contributed by atoms with van der Waals surface area (Å²) in [5.74, 6) is 1.35. The van der Waals surface area contributed by atoms with Crippen LogP contribution in [0.5, 0.6) is 0 Å². The molecule has 186 valence electrons. The molecule has 0 N–H and O–H groups in total. The molecule has 5 heterocycles. The van der Waals surface area contributed by atoms with E-state index >= 15 is 0 Å². The quantitative estimate of drug-likeness (QED) is 0.562. The lowest BCUT2D eigenvalue weighted by atomic mass is 9.87. The smallest absolute Gasteiger partial charge is 0.219 e. The van der Waals surface area contributed by atoms with Crippen LogP contribution in [0.1, 0.15) is 61.0 Å². The van der Waals surface area contributed by atoms with E-state index < -0.39 is 0 Å². The number of carbonyl (C=O) groups excluding carboxylic acids is 1. The highest BCUT2D eigenvalue weighted by atomic mass is 16.5. The molecule has 3 aliphatic heterocycles. The molecule has 1 aromatic carbocycles. The van der Waals surface area contributed by atoms with Gasteiger partial charge in [-0.15, -0.1) is 0 Å². The Balaban J connectivity index is 1.49. The van der Waals surface area contributed by atoms with E-state index in [1.807, 2.05) is 30.4 Å². The van der Waals surface area contributed by atoms with Crippen molar-refractivity contribution in [2.45, 2.75) is 51.6 Å². The third-order valence-electron chi connectivity index (χ3n) is 7.93. The van der Waals surface area contributed by atoms with Crippen molar-refractivity contribution in [3.63, 3.8) is 0 Å². The van der Waals surface area contributed by atoms with Gasteiger partial charge in [-0.2, -0.15) is 15.5 Å². The number of fused-ring (bicyclic) bond motifs is 2. The normalized spacial score (nSPS) is 21.3. The fourth-order valence-electron chi connectivity index (χ4n) is 5.87. The van der Waals surface area contributed by atoms with Gasteiger partial charge in [0.15, 0.2) is 5.82 Å². The number of nitrogens with zero attached hydrogens (tertiary/aromatic N) is 7. The van der Waals surface area contributed by atoms with Gasteiger partial charge in [0.2, 0.25) is 5.91 Å². The van der Waals surface area contributed by atoms with E-state index in [1.165, 1.54) is 11.3 Å². The molecule has 1 fully saturated rings. The first kappa shape index (κ1) is 22.8. The summed E-state index contributed by atoms with van der Waals surface area (Å²) < 4.78 is 9.62. The second-order valence-electron chi connectivity index (χ2n) is 10.2. The molecule has 0 spiro atoms. The third kappa shape index (κ3) is 3.68. The van der Waals surface area contributed by atoms with E-state index in [9.17, 15) is 10.1 Å². The first-order chi connectivity index (χ1) is 17.4. The van der Waals surface area contributed by atoms with Crippen LogP contribution in [0, 0.1) is 11.3 Å². The van der Waals surface area contributed by atoms with Crippen LogP contribution in [0.15, 0.2) is 24.5 Å². The maximum absolute atomic E-state index is 12.3. The summed E-state index contributed by atoms with van der Waals surface area (Å²) in [6.07, 6.45) is 6.48. The highest BCUT2D eigenvalue weighted by Crippen LogP contribution is 2.44. The summed E-state index contributed by atoms with van der Waals surface area (Å²) in [6, 6.07) is 6.82. The molecule has 9 heteroatoms. The zero-order valence-electron chi connectivity index (χ0n) is 21.1. The summed E-state index contributed by atoms with van der Waals surface area (Å²) >= 11 is 0. The van der Waals surface area contributed by atoms with Gasteiger partial charge in [0.25, 0.3) is 0 Å². The lowest BCUT2D eigenvalue weighted by Gasteiger charge is -2.35. The van der Waals surface area contributed by atoms with Crippen molar-refractivity contribution in [2.75, 3.05) is 31.2 Å². The predicted octanol–water partition coefficient (Wildman–Crippen LogP) is 3.67. The third-order valence-corrected chi connectivity index (χ3v) is 7.93. The first-order valence-corrected chi connectivity index (χ1v) is 12.7. The molecule has 0 unspecified atom stereocenters. The Morgan fingerprint density at radius 2 is 2.11 bits per heavy atom. The van der Waals surface area contributed by atoms with Crippen LogP contribution in [0.25, 0.3) is 11.1 Å². The van der Waals surface area contributed by atoms with Gasteiger partial charge in [0.1, 0.15) is 0 Å². The Hall–Kier alpha value is -3.64. The van der Waals surface area contributed by atoms with Crippen LogP contribution in [-0.2, 0) is 29.5 Å².